The number of hydrogen-bond donors (Lipinski definition) is 1. The molecule has 2 aliphatic rings. The fraction of sp³-hybridized carbons (Fsp3) is 0.636. The Morgan fingerprint density at radius 1 is 1.38 bits per heavy atom. The number of thiophene rings is 1. The Labute approximate surface area is 111 Å². The van der Waals surface area contributed by atoms with Crippen LogP contribution in [0.25, 0.3) is 0 Å². The largest absolute Gasteiger partial charge is 0.316 e. The quantitative estimate of drug-likeness (QED) is 0.894. The van der Waals surface area contributed by atoms with E-state index < -0.39 is 0 Å². The van der Waals surface area contributed by atoms with Gasteiger partial charge in [0.15, 0.2) is 0 Å². The molecule has 0 bridgehead atoms. The van der Waals surface area contributed by atoms with Crippen LogP contribution in [0.4, 0.5) is 0 Å². The Balaban J connectivity index is 0.000000963. The Morgan fingerprint density at radius 2 is 2.06 bits per heavy atom. The number of hydrogen-bond acceptors (Lipinski definition) is 3. The summed E-state index contributed by atoms with van der Waals surface area (Å²) in [5, 5.41) is 5.54. The molecule has 0 spiro atoms. The van der Waals surface area contributed by atoms with E-state index in [-0.39, 0.29) is 12.4 Å². The smallest absolute Gasteiger partial charge is 0.0973 e. The first kappa shape index (κ1) is 12.7. The molecule has 2 nitrogen and oxygen atoms in total. The maximum atomic E-state index is 6.12. The van der Waals surface area contributed by atoms with E-state index in [4.69, 9.17) is 11.6 Å². The van der Waals surface area contributed by atoms with Crippen LogP contribution >= 0.6 is 35.3 Å². The van der Waals surface area contributed by atoms with Crippen LogP contribution < -0.4 is 5.32 Å². The molecule has 2 atom stereocenters. The van der Waals surface area contributed by atoms with Crippen LogP contribution in [0.2, 0.25) is 4.34 Å². The van der Waals surface area contributed by atoms with Crippen molar-refractivity contribution in [2.24, 2.45) is 11.8 Å². The van der Waals surface area contributed by atoms with Crippen molar-refractivity contribution in [3.8, 4) is 0 Å². The molecule has 3 heterocycles. The van der Waals surface area contributed by atoms with Crippen molar-refractivity contribution in [3.63, 3.8) is 0 Å². The summed E-state index contributed by atoms with van der Waals surface area (Å²) >= 11 is 7.75. The van der Waals surface area contributed by atoms with Crippen molar-refractivity contribution < 1.29 is 0 Å². The van der Waals surface area contributed by atoms with Gasteiger partial charge in [0.1, 0.15) is 0 Å². The van der Waals surface area contributed by atoms with Crippen molar-refractivity contribution >= 4 is 35.3 Å². The lowest BCUT2D eigenvalue weighted by Gasteiger charge is -2.16. The molecule has 0 aromatic carbocycles. The van der Waals surface area contributed by atoms with Crippen LogP contribution in [0.3, 0.4) is 0 Å². The zero-order valence-electron chi connectivity index (χ0n) is 8.99. The molecule has 0 unspecified atom stereocenters. The third kappa shape index (κ3) is 2.39. The zero-order valence-corrected chi connectivity index (χ0v) is 11.4. The average molecular weight is 279 g/mol. The molecule has 90 valence electrons. The lowest BCUT2D eigenvalue weighted by Crippen LogP contribution is -2.25. The molecular weight excluding hydrogens is 263 g/mol. The molecule has 2 saturated heterocycles. The maximum absolute atomic E-state index is 6.12. The fourth-order valence-corrected chi connectivity index (χ4v) is 3.67. The summed E-state index contributed by atoms with van der Waals surface area (Å²) in [6.07, 6.45) is 0. The fourth-order valence-electron chi connectivity index (χ4n) is 2.75. The van der Waals surface area contributed by atoms with Crippen LogP contribution in [0, 0.1) is 11.8 Å². The Hall–Kier alpha value is 0.200. The summed E-state index contributed by atoms with van der Waals surface area (Å²) < 4.78 is 0.963. The van der Waals surface area contributed by atoms with Gasteiger partial charge in [0.25, 0.3) is 0 Å². The third-order valence-corrected chi connectivity index (χ3v) is 4.80. The van der Waals surface area contributed by atoms with Crippen molar-refractivity contribution in [2.75, 3.05) is 26.2 Å². The molecule has 1 N–H and O–H groups in total. The summed E-state index contributed by atoms with van der Waals surface area (Å²) in [5.41, 5.74) is 1.30. The van der Waals surface area contributed by atoms with E-state index in [0.717, 1.165) is 22.7 Å². The highest BCUT2D eigenvalue weighted by Crippen LogP contribution is 2.30. The average Bonchev–Trinajstić information content (AvgIpc) is 2.83. The summed E-state index contributed by atoms with van der Waals surface area (Å²) in [5.74, 6) is 1.75. The van der Waals surface area contributed by atoms with Gasteiger partial charge in [-0.2, -0.15) is 0 Å². The molecule has 16 heavy (non-hydrogen) atoms. The van der Waals surface area contributed by atoms with Gasteiger partial charge in [0.05, 0.1) is 4.34 Å². The molecule has 1 aromatic rings. The number of likely N-dealkylation sites (tertiary alicyclic amines) is 1. The van der Waals surface area contributed by atoms with E-state index in [0.29, 0.717) is 0 Å². The third-order valence-electron chi connectivity index (χ3n) is 3.55. The minimum Gasteiger partial charge on any atom is -0.316 e. The van der Waals surface area contributed by atoms with Gasteiger partial charge >= 0.3 is 0 Å². The van der Waals surface area contributed by atoms with E-state index in [1.54, 1.807) is 11.3 Å². The predicted octanol–water partition coefficient (Wildman–Crippen LogP) is 2.47. The number of fused-ring (bicyclic) bond motifs is 1. The second-order valence-corrected chi connectivity index (χ2v) is 6.11. The van der Waals surface area contributed by atoms with Gasteiger partial charge in [-0.15, -0.1) is 23.7 Å². The first-order valence-electron chi connectivity index (χ1n) is 5.48. The van der Waals surface area contributed by atoms with Gasteiger partial charge in [0, 0.05) is 19.6 Å². The molecule has 0 aliphatic carbocycles. The highest BCUT2D eigenvalue weighted by Gasteiger charge is 2.35. The number of halogens is 2. The van der Waals surface area contributed by atoms with Gasteiger partial charge in [-0.3, -0.25) is 4.90 Å². The van der Waals surface area contributed by atoms with Gasteiger partial charge in [-0.25, -0.2) is 0 Å². The topological polar surface area (TPSA) is 15.3 Å². The lowest BCUT2D eigenvalue weighted by atomic mass is 10.0. The van der Waals surface area contributed by atoms with Crippen molar-refractivity contribution in [1.82, 2.24) is 10.2 Å². The number of nitrogens with zero attached hydrogens (tertiary/aromatic N) is 1. The van der Waals surface area contributed by atoms with E-state index >= 15 is 0 Å². The highest BCUT2D eigenvalue weighted by atomic mass is 35.5. The SMILES string of the molecule is Cl.Clc1sccc1CN1C[C@H]2CNC[C@H]2C1. The molecule has 1 aromatic heterocycles. The van der Waals surface area contributed by atoms with Gasteiger partial charge < -0.3 is 5.32 Å². The summed E-state index contributed by atoms with van der Waals surface area (Å²) in [6, 6.07) is 2.15. The number of rotatable bonds is 2. The molecule has 0 amide bonds. The lowest BCUT2D eigenvalue weighted by molar-refractivity contribution is 0.306. The second-order valence-electron chi connectivity index (χ2n) is 4.59. The van der Waals surface area contributed by atoms with Gasteiger partial charge in [-0.1, -0.05) is 11.6 Å². The van der Waals surface area contributed by atoms with Crippen LogP contribution in [0.15, 0.2) is 11.4 Å². The van der Waals surface area contributed by atoms with E-state index in [1.807, 2.05) is 0 Å². The van der Waals surface area contributed by atoms with Crippen LogP contribution in [-0.2, 0) is 6.54 Å². The molecule has 0 radical (unpaired) electrons. The van der Waals surface area contributed by atoms with Gasteiger partial charge in [0.2, 0.25) is 0 Å². The highest BCUT2D eigenvalue weighted by molar-refractivity contribution is 7.14. The summed E-state index contributed by atoms with van der Waals surface area (Å²) in [7, 11) is 0. The minimum atomic E-state index is 0. The molecule has 5 heteroatoms. The van der Waals surface area contributed by atoms with Crippen LogP contribution in [0.1, 0.15) is 5.56 Å². The summed E-state index contributed by atoms with van der Waals surface area (Å²) in [6.45, 7) is 5.93. The molecule has 2 aliphatic heterocycles. The van der Waals surface area contributed by atoms with Crippen molar-refractivity contribution in [3.05, 3.63) is 21.3 Å². The van der Waals surface area contributed by atoms with Crippen molar-refractivity contribution in [2.45, 2.75) is 6.54 Å². The standard InChI is InChI=1S/C11H15ClN2S.ClH/c12-11-8(1-2-15-11)5-14-6-9-3-13-4-10(9)7-14;/h1-2,9-10,13H,3-7H2;1H/t9-,10+;. The van der Waals surface area contributed by atoms with E-state index in [2.05, 4.69) is 21.7 Å². The second kappa shape index (κ2) is 5.23. The van der Waals surface area contributed by atoms with Crippen LogP contribution in [0.5, 0.6) is 0 Å². The molecular formula is C11H16Cl2N2S. The summed E-state index contributed by atoms with van der Waals surface area (Å²) in [4.78, 5) is 2.55. The Kier molecular flexibility index (Phi) is 4.14. The predicted molar refractivity (Wildman–Crippen MR) is 71.7 cm³/mol. The van der Waals surface area contributed by atoms with E-state index in [1.165, 1.54) is 31.7 Å². The van der Waals surface area contributed by atoms with Crippen molar-refractivity contribution in [1.29, 1.82) is 0 Å². The van der Waals surface area contributed by atoms with Gasteiger partial charge in [-0.05, 0) is 41.9 Å². The molecule has 2 fully saturated rings. The minimum absolute atomic E-state index is 0. The zero-order chi connectivity index (χ0) is 10.3. The number of nitrogens with one attached hydrogen (secondary N) is 1. The molecule has 3 rings (SSSR count). The van der Waals surface area contributed by atoms with E-state index in [9.17, 15) is 0 Å². The van der Waals surface area contributed by atoms with Crippen LogP contribution in [-0.4, -0.2) is 31.1 Å². The monoisotopic (exact) mass is 278 g/mol. The molecule has 0 saturated carbocycles. The Morgan fingerprint density at radius 3 is 2.62 bits per heavy atom. The maximum Gasteiger partial charge on any atom is 0.0973 e. The first-order chi connectivity index (χ1) is 7.33. The first-order valence-corrected chi connectivity index (χ1v) is 6.73. The normalized spacial score (nSPS) is 29.1. The Bertz CT molecular complexity index is 344.